The number of hydrogen-bond donors (Lipinski definition) is 2. The van der Waals surface area contributed by atoms with Crippen molar-refractivity contribution in [3.63, 3.8) is 0 Å². The number of hydrogen-bond acceptors (Lipinski definition) is 3. The number of likely N-dealkylation sites (tertiary alicyclic amines) is 1. The number of β-amino-alcohol motifs (C(OH)–C–C–N with tert-alkyl or cyclic N) is 1. The van der Waals surface area contributed by atoms with Crippen molar-refractivity contribution >= 4 is 35.1 Å². The number of halogens is 2. The zero-order valence-electron chi connectivity index (χ0n) is 16.9. The molecule has 0 saturated carbocycles. The van der Waals surface area contributed by atoms with E-state index in [0.29, 0.717) is 16.6 Å². The van der Waals surface area contributed by atoms with Gasteiger partial charge >= 0.3 is 6.03 Å². The van der Waals surface area contributed by atoms with Gasteiger partial charge in [0, 0.05) is 36.6 Å². The van der Waals surface area contributed by atoms with Crippen LogP contribution in [-0.2, 0) is 11.3 Å². The maximum Gasteiger partial charge on any atom is 0.318 e. The molecule has 0 radical (unpaired) electrons. The summed E-state index contributed by atoms with van der Waals surface area (Å²) in [6.45, 7) is 2.36. The Hall–Kier alpha value is -2.28. The number of likely N-dealkylation sites (N-methyl/N-ethyl adjacent to an activating group) is 1. The van der Waals surface area contributed by atoms with E-state index in [1.807, 2.05) is 31.2 Å². The van der Waals surface area contributed by atoms with E-state index in [1.54, 1.807) is 36.2 Å². The average Bonchev–Trinajstić information content (AvgIpc) is 3.11. The zero-order chi connectivity index (χ0) is 21.8. The number of carbonyl (C=O) groups excluding carboxylic acids is 2. The predicted molar refractivity (Wildman–Crippen MR) is 117 cm³/mol. The number of carbonyl (C=O) groups is 2. The monoisotopic (exact) mass is 449 g/mol. The van der Waals surface area contributed by atoms with Crippen LogP contribution >= 0.6 is 23.2 Å². The van der Waals surface area contributed by atoms with Gasteiger partial charge in [0.1, 0.15) is 6.04 Å². The van der Waals surface area contributed by atoms with Gasteiger partial charge in [-0.25, -0.2) is 4.79 Å². The number of nitrogens with one attached hydrogen (secondary N) is 1. The Balaban J connectivity index is 1.66. The van der Waals surface area contributed by atoms with Crippen molar-refractivity contribution in [2.75, 3.05) is 13.6 Å². The SMILES string of the molecule is C[C@H](NC(=O)N1C[C@H](O)C[C@@H]1C(=O)N(C)Cc1ccc(Cl)cc1)c1ccc(Cl)cc1. The first-order valence-electron chi connectivity index (χ1n) is 9.74. The van der Waals surface area contributed by atoms with Gasteiger partial charge in [-0.05, 0) is 42.3 Å². The van der Waals surface area contributed by atoms with Crippen LogP contribution < -0.4 is 5.32 Å². The van der Waals surface area contributed by atoms with E-state index in [0.717, 1.165) is 11.1 Å². The highest BCUT2D eigenvalue weighted by Gasteiger charge is 2.40. The Morgan fingerprint density at radius 2 is 1.70 bits per heavy atom. The molecule has 0 aliphatic carbocycles. The fourth-order valence-corrected chi connectivity index (χ4v) is 3.82. The molecule has 1 fully saturated rings. The fourth-order valence-electron chi connectivity index (χ4n) is 3.57. The van der Waals surface area contributed by atoms with Crippen LogP contribution in [0.15, 0.2) is 48.5 Å². The van der Waals surface area contributed by atoms with Crippen LogP contribution in [0.4, 0.5) is 4.79 Å². The van der Waals surface area contributed by atoms with E-state index in [4.69, 9.17) is 23.2 Å². The lowest BCUT2D eigenvalue weighted by Crippen LogP contribution is -2.50. The molecule has 0 bridgehead atoms. The van der Waals surface area contributed by atoms with Crippen molar-refractivity contribution in [3.05, 3.63) is 69.7 Å². The van der Waals surface area contributed by atoms with E-state index >= 15 is 0 Å². The molecule has 2 aromatic carbocycles. The molecule has 6 nitrogen and oxygen atoms in total. The second-order valence-electron chi connectivity index (χ2n) is 7.60. The summed E-state index contributed by atoms with van der Waals surface area (Å²) in [4.78, 5) is 28.9. The molecular formula is C22H25Cl2N3O3. The van der Waals surface area contributed by atoms with Gasteiger partial charge in [-0.3, -0.25) is 4.79 Å². The van der Waals surface area contributed by atoms with Crippen LogP contribution in [0, 0.1) is 0 Å². The lowest BCUT2D eigenvalue weighted by Gasteiger charge is -2.29. The van der Waals surface area contributed by atoms with Gasteiger partial charge in [-0.2, -0.15) is 0 Å². The van der Waals surface area contributed by atoms with Crippen molar-refractivity contribution in [1.29, 1.82) is 0 Å². The predicted octanol–water partition coefficient (Wildman–Crippen LogP) is 3.86. The molecule has 160 valence electrons. The van der Waals surface area contributed by atoms with Crippen LogP contribution in [0.25, 0.3) is 0 Å². The second kappa shape index (κ2) is 9.69. The first-order valence-corrected chi connectivity index (χ1v) is 10.5. The number of aliphatic hydroxyl groups excluding tert-OH is 1. The number of rotatable bonds is 5. The maximum absolute atomic E-state index is 13.0. The molecule has 0 unspecified atom stereocenters. The molecule has 2 aromatic rings. The molecule has 3 rings (SSSR count). The first-order chi connectivity index (χ1) is 14.2. The number of aliphatic hydroxyl groups is 1. The van der Waals surface area contributed by atoms with Crippen molar-refractivity contribution in [2.45, 2.75) is 38.1 Å². The third kappa shape index (κ3) is 5.45. The van der Waals surface area contributed by atoms with Gasteiger partial charge in [-0.1, -0.05) is 47.5 Å². The molecule has 0 spiro atoms. The van der Waals surface area contributed by atoms with E-state index in [2.05, 4.69) is 5.32 Å². The highest BCUT2D eigenvalue weighted by atomic mass is 35.5. The van der Waals surface area contributed by atoms with Gasteiger partial charge in [0.2, 0.25) is 5.91 Å². The minimum atomic E-state index is -0.737. The summed E-state index contributed by atoms with van der Waals surface area (Å²) in [6, 6.07) is 13.1. The quantitative estimate of drug-likeness (QED) is 0.727. The highest BCUT2D eigenvalue weighted by Crippen LogP contribution is 2.23. The summed E-state index contributed by atoms with van der Waals surface area (Å²) in [6.07, 6.45) is -0.522. The molecule has 0 aromatic heterocycles. The van der Waals surface area contributed by atoms with Gasteiger partial charge in [-0.15, -0.1) is 0 Å². The molecule has 1 saturated heterocycles. The molecule has 8 heteroatoms. The smallest absolute Gasteiger partial charge is 0.318 e. The van der Waals surface area contributed by atoms with Crippen LogP contribution in [0.3, 0.4) is 0 Å². The summed E-state index contributed by atoms with van der Waals surface area (Å²) in [5, 5.41) is 14.3. The normalized spacial score (nSPS) is 19.4. The third-order valence-electron chi connectivity index (χ3n) is 5.24. The van der Waals surface area contributed by atoms with E-state index in [-0.39, 0.29) is 30.9 Å². The summed E-state index contributed by atoms with van der Waals surface area (Å²) < 4.78 is 0. The molecule has 3 amide bonds. The molecule has 1 aliphatic rings. The summed E-state index contributed by atoms with van der Waals surface area (Å²) >= 11 is 11.8. The Labute approximate surface area is 186 Å². The Bertz CT molecular complexity index is 890. The largest absolute Gasteiger partial charge is 0.391 e. The minimum absolute atomic E-state index is 0.115. The second-order valence-corrected chi connectivity index (χ2v) is 8.47. The topological polar surface area (TPSA) is 72.9 Å². The fraction of sp³-hybridized carbons (Fsp3) is 0.364. The molecule has 1 heterocycles. The third-order valence-corrected chi connectivity index (χ3v) is 5.75. The molecular weight excluding hydrogens is 425 g/mol. The number of amides is 3. The Morgan fingerprint density at radius 1 is 1.13 bits per heavy atom. The Kier molecular flexibility index (Phi) is 7.23. The molecule has 30 heavy (non-hydrogen) atoms. The van der Waals surface area contributed by atoms with Gasteiger partial charge < -0.3 is 20.2 Å². The summed E-state index contributed by atoms with van der Waals surface area (Å²) in [7, 11) is 1.69. The summed E-state index contributed by atoms with van der Waals surface area (Å²) in [5.74, 6) is -0.212. The number of urea groups is 1. The average molecular weight is 450 g/mol. The van der Waals surface area contributed by atoms with E-state index < -0.39 is 12.1 Å². The van der Waals surface area contributed by atoms with Crippen LogP contribution in [0.2, 0.25) is 10.0 Å². The standard InChI is InChI=1S/C22H25Cl2N3O3/c1-14(16-5-9-18(24)10-6-16)25-22(30)27-13-19(28)11-20(27)21(29)26(2)12-15-3-7-17(23)8-4-15/h3-10,14,19-20,28H,11-13H2,1-2H3,(H,25,30)/t14-,19+,20+/m0/s1. The molecule has 3 atom stereocenters. The number of nitrogens with zero attached hydrogens (tertiary/aromatic N) is 2. The number of benzene rings is 2. The lowest BCUT2D eigenvalue weighted by atomic mass is 10.1. The maximum atomic E-state index is 13.0. The zero-order valence-corrected chi connectivity index (χ0v) is 18.4. The highest BCUT2D eigenvalue weighted by molar-refractivity contribution is 6.30. The van der Waals surface area contributed by atoms with Gasteiger partial charge in [0.25, 0.3) is 0 Å². The van der Waals surface area contributed by atoms with Crippen molar-refractivity contribution in [3.8, 4) is 0 Å². The van der Waals surface area contributed by atoms with E-state index in [1.165, 1.54) is 4.90 Å². The van der Waals surface area contributed by atoms with E-state index in [9.17, 15) is 14.7 Å². The molecule has 2 N–H and O–H groups in total. The minimum Gasteiger partial charge on any atom is -0.391 e. The van der Waals surface area contributed by atoms with Crippen LogP contribution in [-0.4, -0.2) is 52.6 Å². The molecule has 1 aliphatic heterocycles. The van der Waals surface area contributed by atoms with Crippen molar-refractivity contribution in [1.82, 2.24) is 15.1 Å². The van der Waals surface area contributed by atoms with Crippen LogP contribution in [0.1, 0.15) is 30.5 Å². The lowest BCUT2D eigenvalue weighted by molar-refractivity contribution is -0.134. The van der Waals surface area contributed by atoms with Crippen molar-refractivity contribution in [2.24, 2.45) is 0 Å². The first kappa shape index (κ1) is 22.4. The Morgan fingerprint density at radius 3 is 2.30 bits per heavy atom. The van der Waals surface area contributed by atoms with Crippen LogP contribution in [0.5, 0.6) is 0 Å². The summed E-state index contributed by atoms with van der Waals surface area (Å²) in [5.41, 5.74) is 1.83. The van der Waals surface area contributed by atoms with Gasteiger partial charge in [0.05, 0.1) is 12.1 Å². The van der Waals surface area contributed by atoms with Gasteiger partial charge in [0.15, 0.2) is 0 Å². The van der Waals surface area contributed by atoms with Crippen molar-refractivity contribution < 1.29 is 14.7 Å².